The van der Waals surface area contributed by atoms with Crippen molar-refractivity contribution in [3.05, 3.63) is 54.0 Å². The summed E-state index contributed by atoms with van der Waals surface area (Å²) in [4.78, 5) is 8.46. The van der Waals surface area contributed by atoms with Gasteiger partial charge in [0.15, 0.2) is 0 Å². The molecule has 0 saturated carbocycles. The number of aryl methyl sites for hydroxylation is 1. The van der Waals surface area contributed by atoms with Crippen molar-refractivity contribution >= 4 is 5.84 Å². The van der Waals surface area contributed by atoms with Crippen LogP contribution in [0.2, 0.25) is 0 Å². The summed E-state index contributed by atoms with van der Waals surface area (Å²) < 4.78 is 0. The van der Waals surface area contributed by atoms with Crippen molar-refractivity contribution in [2.24, 2.45) is 4.99 Å². The van der Waals surface area contributed by atoms with E-state index in [0.29, 0.717) is 0 Å². The van der Waals surface area contributed by atoms with Crippen molar-refractivity contribution in [3.8, 4) is 0 Å². The molecule has 1 heterocycles. The normalized spacial score (nSPS) is 10.9. The molecule has 0 atom stereocenters. The average molecular weight is 243 g/mol. The number of allylic oxidation sites excluding steroid dienone is 2. The molecule has 0 radical (unpaired) electrons. The Morgan fingerprint density at radius 1 is 1.44 bits per heavy atom. The number of hydrogen-bond donors (Lipinski definition) is 1. The van der Waals surface area contributed by atoms with Crippen LogP contribution in [-0.4, -0.2) is 17.9 Å². The predicted octanol–water partition coefficient (Wildman–Crippen LogP) is 3.11. The van der Waals surface area contributed by atoms with E-state index in [-0.39, 0.29) is 0 Å². The first kappa shape index (κ1) is 14.2. The van der Waals surface area contributed by atoms with Gasteiger partial charge in [-0.25, -0.2) is 0 Å². The Bertz CT molecular complexity index is 440. The fraction of sp³-hybridized carbons (Fsp3) is 0.333. The highest BCUT2D eigenvalue weighted by atomic mass is 15.0. The molecule has 1 aromatic rings. The third kappa shape index (κ3) is 5.43. The van der Waals surface area contributed by atoms with Crippen LogP contribution in [0, 0.1) is 0 Å². The zero-order valence-electron chi connectivity index (χ0n) is 11.4. The summed E-state index contributed by atoms with van der Waals surface area (Å²) in [5.74, 6) is 0.848. The standard InChI is InChI=1S/C15H21N3/c1-12(2)11-15(16-4)18-13(3)8-9-14-7-5-6-10-17-14/h5-7,10-11H,3,8-9H2,1-2,4H3,(H,16,18). The largest absolute Gasteiger partial charge is 0.345 e. The summed E-state index contributed by atoms with van der Waals surface area (Å²) >= 11 is 0. The number of pyridine rings is 1. The molecule has 1 rings (SSSR count). The van der Waals surface area contributed by atoms with Gasteiger partial charge in [-0.1, -0.05) is 18.2 Å². The van der Waals surface area contributed by atoms with E-state index in [4.69, 9.17) is 0 Å². The van der Waals surface area contributed by atoms with E-state index in [1.54, 1.807) is 7.05 Å². The second kappa shape index (κ2) is 7.43. The molecule has 0 aromatic carbocycles. The number of nitrogens with one attached hydrogen (secondary N) is 1. The quantitative estimate of drug-likeness (QED) is 0.637. The van der Waals surface area contributed by atoms with Crippen molar-refractivity contribution in [2.75, 3.05) is 7.05 Å². The number of amidine groups is 1. The lowest BCUT2D eigenvalue weighted by molar-refractivity contribution is 0.859. The van der Waals surface area contributed by atoms with Gasteiger partial charge in [-0.2, -0.15) is 0 Å². The van der Waals surface area contributed by atoms with Gasteiger partial charge in [0, 0.05) is 24.6 Å². The van der Waals surface area contributed by atoms with Crippen LogP contribution < -0.4 is 5.32 Å². The van der Waals surface area contributed by atoms with E-state index in [0.717, 1.165) is 30.1 Å². The molecule has 0 fully saturated rings. The minimum absolute atomic E-state index is 0.848. The highest BCUT2D eigenvalue weighted by Gasteiger charge is 1.99. The average Bonchev–Trinajstić information content (AvgIpc) is 2.36. The van der Waals surface area contributed by atoms with Crippen LogP contribution in [0.15, 0.2) is 53.3 Å². The number of aromatic nitrogens is 1. The van der Waals surface area contributed by atoms with Crippen LogP contribution in [0.25, 0.3) is 0 Å². The smallest absolute Gasteiger partial charge is 0.124 e. The maximum Gasteiger partial charge on any atom is 0.124 e. The summed E-state index contributed by atoms with van der Waals surface area (Å²) in [7, 11) is 1.77. The first-order valence-corrected chi connectivity index (χ1v) is 6.08. The summed E-state index contributed by atoms with van der Waals surface area (Å²) in [6, 6.07) is 5.95. The van der Waals surface area contributed by atoms with Crippen molar-refractivity contribution < 1.29 is 0 Å². The molecular formula is C15H21N3. The Hall–Kier alpha value is -1.90. The molecular weight excluding hydrogens is 222 g/mol. The van der Waals surface area contributed by atoms with Crippen LogP contribution in [0.3, 0.4) is 0 Å². The third-order valence-electron chi connectivity index (χ3n) is 2.38. The molecule has 18 heavy (non-hydrogen) atoms. The molecule has 0 aliphatic heterocycles. The molecule has 0 bridgehead atoms. The van der Waals surface area contributed by atoms with Gasteiger partial charge in [0.25, 0.3) is 0 Å². The topological polar surface area (TPSA) is 37.3 Å². The summed E-state index contributed by atoms with van der Waals surface area (Å²) in [5, 5.41) is 3.22. The van der Waals surface area contributed by atoms with E-state index >= 15 is 0 Å². The molecule has 96 valence electrons. The summed E-state index contributed by atoms with van der Waals surface area (Å²) in [6.45, 7) is 8.11. The fourth-order valence-electron chi connectivity index (χ4n) is 1.50. The summed E-state index contributed by atoms with van der Waals surface area (Å²) in [6.07, 6.45) is 5.56. The lowest BCUT2D eigenvalue weighted by atomic mass is 10.2. The van der Waals surface area contributed by atoms with Crippen LogP contribution in [0.4, 0.5) is 0 Å². The summed E-state index contributed by atoms with van der Waals surface area (Å²) in [5.41, 5.74) is 3.25. The molecule has 0 saturated heterocycles. The molecule has 0 spiro atoms. The number of aliphatic imine (C=N–C) groups is 1. The first-order valence-electron chi connectivity index (χ1n) is 6.08. The van der Waals surface area contributed by atoms with Gasteiger partial charge in [0.2, 0.25) is 0 Å². The molecule has 0 aliphatic rings. The Morgan fingerprint density at radius 3 is 2.78 bits per heavy atom. The van der Waals surface area contributed by atoms with E-state index in [2.05, 4.69) is 21.9 Å². The van der Waals surface area contributed by atoms with E-state index in [1.807, 2.05) is 44.3 Å². The van der Waals surface area contributed by atoms with Gasteiger partial charge in [-0.05, 0) is 44.9 Å². The third-order valence-corrected chi connectivity index (χ3v) is 2.38. The van der Waals surface area contributed by atoms with Gasteiger partial charge in [-0.15, -0.1) is 0 Å². The van der Waals surface area contributed by atoms with Crippen LogP contribution in [-0.2, 0) is 6.42 Å². The number of nitrogens with zero attached hydrogens (tertiary/aromatic N) is 2. The monoisotopic (exact) mass is 243 g/mol. The molecule has 1 N–H and O–H groups in total. The maximum absolute atomic E-state index is 4.29. The van der Waals surface area contributed by atoms with Gasteiger partial charge in [0.1, 0.15) is 5.84 Å². The Kier molecular flexibility index (Phi) is 5.85. The van der Waals surface area contributed by atoms with Crippen molar-refractivity contribution in [2.45, 2.75) is 26.7 Å². The van der Waals surface area contributed by atoms with Crippen LogP contribution in [0.5, 0.6) is 0 Å². The minimum Gasteiger partial charge on any atom is -0.345 e. The molecule has 1 aromatic heterocycles. The second-order valence-corrected chi connectivity index (χ2v) is 4.38. The zero-order valence-corrected chi connectivity index (χ0v) is 11.4. The lowest BCUT2D eigenvalue weighted by Crippen LogP contribution is -2.20. The van der Waals surface area contributed by atoms with E-state index < -0.39 is 0 Å². The van der Waals surface area contributed by atoms with Gasteiger partial charge >= 0.3 is 0 Å². The molecule has 3 heteroatoms. The fourth-order valence-corrected chi connectivity index (χ4v) is 1.50. The molecule has 0 amide bonds. The lowest BCUT2D eigenvalue weighted by Gasteiger charge is -2.09. The van der Waals surface area contributed by atoms with Crippen LogP contribution >= 0.6 is 0 Å². The van der Waals surface area contributed by atoms with E-state index in [9.17, 15) is 0 Å². The maximum atomic E-state index is 4.29. The number of rotatable bonds is 5. The Labute approximate surface area is 109 Å². The van der Waals surface area contributed by atoms with Gasteiger partial charge in [-0.3, -0.25) is 9.98 Å². The minimum atomic E-state index is 0.848. The predicted molar refractivity (Wildman–Crippen MR) is 77.6 cm³/mol. The Balaban J connectivity index is 2.45. The van der Waals surface area contributed by atoms with Crippen molar-refractivity contribution in [1.29, 1.82) is 0 Å². The highest BCUT2D eigenvalue weighted by Crippen LogP contribution is 2.03. The SMILES string of the molecule is C=C(CCc1ccccn1)NC(C=C(C)C)=NC. The van der Waals surface area contributed by atoms with Crippen molar-refractivity contribution in [1.82, 2.24) is 10.3 Å². The zero-order chi connectivity index (χ0) is 13.4. The second-order valence-electron chi connectivity index (χ2n) is 4.38. The van der Waals surface area contributed by atoms with Crippen LogP contribution in [0.1, 0.15) is 26.0 Å². The molecule has 3 nitrogen and oxygen atoms in total. The molecule has 0 unspecified atom stereocenters. The van der Waals surface area contributed by atoms with Gasteiger partial charge in [0.05, 0.1) is 0 Å². The first-order chi connectivity index (χ1) is 8.61. The molecule has 0 aliphatic carbocycles. The highest BCUT2D eigenvalue weighted by molar-refractivity contribution is 5.94. The van der Waals surface area contributed by atoms with Crippen molar-refractivity contribution in [3.63, 3.8) is 0 Å². The van der Waals surface area contributed by atoms with E-state index in [1.165, 1.54) is 5.57 Å². The Morgan fingerprint density at radius 2 is 2.22 bits per heavy atom. The van der Waals surface area contributed by atoms with Gasteiger partial charge < -0.3 is 5.32 Å². The number of hydrogen-bond acceptors (Lipinski definition) is 2.